The van der Waals surface area contributed by atoms with Crippen LogP contribution in [0.2, 0.25) is 0 Å². The third-order valence-corrected chi connectivity index (χ3v) is 8.44. The molecule has 3 aromatic rings. The predicted molar refractivity (Wildman–Crippen MR) is 155 cm³/mol. The fourth-order valence-corrected chi connectivity index (χ4v) is 6.45. The number of hydrogen-bond donors (Lipinski definition) is 3. The third-order valence-electron chi connectivity index (χ3n) is 8.44. The molecule has 9 nitrogen and oxygen atoms in total. The van der Waals surface area contributed by atoms with E-state index in [0.717, 1.165) is 22.0 Å². The highest BCUT2D eigenvalue weighted by molar-refractivity contribution is 5.94. The Morgan fingerprint density at radius 3 is 2.32 bits per heavy atom. The first-order valence-electron chi connectivity index (χ1n) is 14.5. The molecular formula is C32H38N4O5. The van der Waals surface area contributed by atoms with Crippen LogP contribution >= 0.6 is 0 Å². The second-order valence-electron chi connectivity index (χ2n) is 11.4. The summed E-state index contributed by atoms with van der Waals surface area (Å²) in [6.07, 6.45) is 5.17. The Labute approximate surface area is 239 Å². The monoisotopic (exact) mass is 558 g/mol. The molecule has 0 spiro atoms. The molecule has 1 aromatic heterocycles. The lowest BCUT2D eigenvalue weighted by Crippen LogP contribution is -2.52. The van der Waals surface area contributed by atoms with Crippen LogP contribution in [0.1, 0.15) is 49.7 Å². The van der Waals surface area contributed by atoms with Crippen LogP contribution in [0.5, 0.6) is 0 Å². The van der Waals surface area contributed by atoms with Crippen molar-refractivity contribution in [2.75, 3.05) is 13.1 Å². The summed E-state index contributed by atoms with van der Waals surface area (Å²) in [7, 11) is 0. The molecule has 2 aliphatic rings. The molecule has 4 unspecified atom stereocenters. The van der Waals surface area contributed by atoms with Crippen molar-refractivity contribution >= 4 is 34.5 Å². The molecule has 0 saturated carbocycles. The lowest BCUT2D eigenvalue weighted by atomic mass is 9.90. The average molecular weight is 559 g/mol. The van der Waals surface area contributed by atoms with Gasteiger partial charge >= 0.3 is 5.97 Å². The Hall–Kier alpha value is -3.98. The fraction of sp³-hybridized carbons (Fsp3) is 0.438. The number of ketones is 1. The molecule has 4 N–H and O–H groups in total. The summed E-state index contributed by atoms with van der Waals surface area (Å²) < 4.78 is 0. The molecule has 2 aliphatic heterocycles. The number of H-pyrrole nitrogens is 1. The van der Waals surface area contributed by atoms with Gasteiger partial charge in [-0.2, -0.15) is 0 Å². The summed E-state index contributed by atoms with van der Waals surface area (Å²) in [5, 5.41) is 10.6. The first-order chi connectivity index (χ1) is 19.8. The molecule has 0 aliphatic carbocycles. The first kappa shape index (κ1) is 28.5. The number of aromatic amines is 1. The molecule has 0 radical (unpaired) electrons. The Bertz CT molecular complexity index is 1400. The van der Waals surface area contributed by atoms with Gasteiger partial charge in [-0.25, -0.2) is 4.79 Å². The van der Waals surface area contributed by atoms with Crippen LogP contribution < -0.4 is 5.73 Å². The molecule has 2 amide bonds. The van der Waals surface area contributed by atoms with Crippen molar-refractivity contribution in [3.8, 4) is 0 Å². The van der Waals surface area contributed by atoms with Gasteiger partial charge in [-0.1, -0.05) is 48.5 Å². The first-order valence-corrected chi connectivity index (χ1v) is 14.5. The van der Waals surface area contributed by atoms with Crippen LogP contribution in [-0.2, 0) is 32.0 Å². The van der Waals surface area contributed by atoms with E-state index < -0.39 is 24.0 Å². The number of rotatable bonds is 11. The molecule has 216 valence electrons. The zero-order chi connectivity index (χ0) is 28.9. The fourth-order valence-electron chi connectivity index (χ4n) is 6.45. The van der Waals surface area contributed by atoms with E-state index in [-0.39, 0.29) is 36.5 Å². The van der Waals surface area contributed by atoms with Gasteiger partial charge in [0.2, 0.25) is 11.8 Å². The molecule has 2 saturated heterocycles. The number of aromatic nitrogens is 1. The minimum absolute atomic E-state index is 0.0275. The number of hydrogen-bond acceptors (Lipinski definition) is 5. The number of carbonyl (C=O) groups is 4. The summed E-state index contributed by atoms with van der Waals surface area (Å²) in [6.45, 7) is 0.789. The summed E-state index contributed by atoms with van der Waals surface area (Å²) in [5.41, 5.74) is 9.29. The van der Waals surface area contributed by atoms with Gasteiger partial charge in [-0.3, -0.25) is 14.4 Å². The SMILES string of the molecule is NC(CC(=O)CC(Cc1c[nH]c2ccccc12)C(=O)N1CCCC1C(=O)N1CCCC1C(=O)O)Cc1ccccc1. The predicted octanol–water partition coefficient (Wildman–Crippen LogP) is 3.31. The minimum atomic E-state index is -1.01. The van der Waals surface area contributed by atoms with Crippen LogP contribution in [0.3, 0.4) is 0 Å². The number of carboxylic acids is 1. The van der Waals surface area contributed by atoms with Crippen LogP contribution in [0.25, 0.3) is 10.9 Å². The second kappa shape index (κ2) is 12.7. The van der Waals surface area contributed by atoms with E-state index in [9.17, 15) is 24.3 Å². The molecule has 5 rings (SSSR count). The Morgan fingerprint density at radius 1 is 0.878 bits per heavy atom. The lowest BCUT2D eigenvalue weighted by molar-refractivity contribution is -0.152. The van der Waals surface area contributed by atoms with Gasteiger partial charge in [0.05, 0.1) is 0 Å². The number of likely N-dealkylation sites (tertiary alicyclic amines) is 2. The quantitative estimate of drug-likeness (QED) is 0.330. The van der Waals surface area contributed by atoms with E-state index in [1.165, 1.54) is 4.90 Å². The van der Waals surface area contributed by atoms with Crippen molar-refractivity contribution in [3.63, 3.8) is 0 Å². The molecule has 4 atom stereocenters. The second-order valence-corrected chi connectivity index (χ2v) is 11.4. The standard InChI is InChI=1S/C32H38N4O5/c33-24(16-21-8-2-1-3-9-21)19-25(37)18-22(17-23-20-34-27-11-5-4-10-26(23)27)30(38)35-14-6-12-28(35)31(39)36-15-7-13-29(36)32(40)41/h1-5,8-11,20,22,24,28-29,34H,6-7,12-19,33H2,(H,40,41). The van der Waals surface area contributed by atoms with E-state index in [1.807, 2.05) is 60.8 Å². The maximum atomic E-state index is 14.1. The van der Waals surface area contributed by atoms with Crippen molar-refractivity contribution in [2.45, 2.75) is 69.5 Å². The van der Waals surface area contributed by atoms with Crippen molar-refractivity contribution in [3.05, 3.63) is 71.9 Å². The summed E-state index contributed by atoms with van der Waals surface area (Å²) in [4.78, 5) is 58.9. The average Bonchev–Trinajstić information content (AvgIpc) is 3.72. The lowest BCUT2D eigenvalue weighted by Gasteiger charge is -2.32. The minimum Gasteiger partial charge on any atom is -0.480 e. The number of nitrogens with one attached hydrogen (secondary N) is 1. The van der Waals surface area contributed by atoms with Crippen molar-refractivity contribution in [1.82, 2.24) is 14.8 Å². The Balaban J connectivity index is 1.34. The maximum absolute atomic E-state index is 14.1. The zero-order valence-electron chi connectivity index (χ0n) is 23.2. The van der Waals surface area contributed by atoms with Gasteiger partial charge in [-0.15, -0.1) is 0 Å². The number of amides is 2. The number of para-hydroxylation sites is 1. The molecule has 41 heavy (non-hydrogen) atoms. The van der Waals surface area contributed by atoms with Gasteiger partial charge in [-0.05, 0) is 55.7 Å². The molecular weight excluding hydrogens is 520 g/mol. The van der Waals surface area contributed by atoms with Crippen LogP contribution in [0.15, 0.2) is 60.8 Å². The van der Waals surface area contributed by atoms with Gasteiger partial charge in [0.15, 0.2) is 0 Å². The van der Waals surface area contributed by atoms with E-state index in [2.05, 4.69) is 4.98 Å². The molecule has 3 heterocycles. The van der Waals surface area contributed by atoms with Crippen molar-refractivity contribution in [2.24, 2.45) is 11.7 Å². The van der Waals surface area contributed by atoms with E-state index >= 15 is 0 Å². The van der Waals surface area contributed by atoms with Crippen LogP contribution in [0.4, 0.5) is 0 Å². The van der Waals surface area contributed by atoms with Gasteiger partial charge in [0.1, 0.15) is 17.9 Å². The molecule has 2 aromatic carbocycles. The van der Waals surface area contributed by atoms with Crippen LogP contribution in [0, 0.1) is 5.92 Å². The number of fused-ring (bicyclic) bond motifs is 1. The summed E-state index contributed by atoms with van der Waals surface area (Å²) >= 11 is 0. The van der Waals surface area contributed by atoms with E-state index in [0.29, 0.717) is 51.6 Å². The third kappa shape index (κ3) is 6.51. The number of nitrogens with two attached hydrogens (primary N) is 1. The van der Waals surface area contributed by atoms with Gasteiger partial charge in [0, 0.05) is 55.0 Å². The van der Waals surface area contributed by atoms with E-state index in [1.54, 1.807) is 4.90 Å². The van der Waals surface area contributed by atoms with Crippen molar-refractivity contribution < 1.29 is 24.3 Å². The van der Waals surface area contributed by atoms with Gasteiger partial charge in [0.25, 0.3) is 0 Å². The maximum Gasteiger partial charge on any atom is 0.326 e. The highest BCUT2D eigenvalue weighted by Gasteiger charge is 2.43. The summed E-state index contributed by atoms with van der Waals surface area (Å²) in [6, 6.07) is 15.7. The number of carboxylic acid groups (broad SMARTS) is 1. The largest absolute Gasteiger partial charge is 0.480 e. The normalized spacial score (nSPS) is 20.3. The number of nitrogens with zero attached hydrogens (tertiary/aromatic N) is 2. The van der Waals surface area contributed by atoms with Crippen LogP contribution in [-0.4, -0.2) is 74.7 Å². The molecule has 0 bridgehead atoms. The zero-order valence-corrected chi connectivity index (χ0v) is 23.2. The Kier molecular flexibility index (Phi) is 8.83. The highest BCUT2D eigenvalue weighted by atomic mass is 16.4. The number of carbonyl (C=O) groups excluding carboxylic acids is 3. The topological polar surface area (TPSA) is 137 Å². The van der Waals surface area contributed by atoms with Crippen molar-refractivity contribution in [1.29, 1.82) is 0 Å². The van der Waals surface area contributed by atoms with Gasteiger partial charge < -0.3 is 25.6 Å². The molecule has 2 fully saturated rings. The molecule has 9 heteroatoms. The van der Waals surface area contributed by atoms with E-state index in [4.69, 9.17) is 5.73 Å². The highest BCUT2D eigenvalue weighted by Crippen LogP contribution is 2.29. The summed E-state index contributed by atoms with van der Waals surface area (Å²) in [5.74, 6) is -2.29. The number of benzene rings is 2. The Morgan fingerprint density at radius 2 is 1.56 bits per heavy atom. The number of aliphatic carboxylic acids is 1. The smallest absolute Gasteiger partial charge is 0.326 e. The number of Topliss-reactive ketones (excluding diaryl/α,β-unsaturated/α-hetero) is 1.